The van der Waals surface area contributed by atoms with Gasteiger partial charge in [-0.1, -0.05) is 0 Å². The van der Waals surface area contributed by atoms with Crippen LogP contribution in [-0.2, 0) is 6.54 Å². The maximum absolute atomic E-state index is 10.5. The molecule has 0 aromatic carbocycles. The molecule has 0 spiro atoms. The van der Waals surface area contributed by atoms with E-state index in [9.17, 15) is 10.1 Å². The zero-order chi connectivity index (χ0) is 12.3. The van der Waals surface area contributed by atoms with Crippen molar-refractivity contribution in [3.8, 4) is 0 Å². The van der Waals surface area contributed by atoms with Crippen LogP contribution in [0, 0.1) is 17.0 Å². The lowest BCUT2D eigenvalue weighted by atomic mass is 10.4. The van der Waals surface area contributed by atoms with Gasteiger partial charge in [0.1, 0.15) is 5.03 Å². The van der Waals surface area contributed by atoms with Gasteiger partial charge in [-0.05, 0) is 6.92 Å². The van der Waals surface area contributed by atoms with Crippen LogP contribution in [0.5, 0.6) is 0 Å². The number of hydrogen-bond donors (Lipinski definition) is 0. The molecule has 1 aromatic rings. The minimum absolute atomic E-state index is 0.415. The molecule has 0 aliphatic carbocycles. The SMILES string of the molecule is Cc1cnc(CN2CCS/C2=C/[N+](=O)[O-])cn1. The molecule has 1 saturated heterocycles. The van der Waals surface area contributed by atoms with Gasteiger partial charge in [-0.25, -0.2) is 0 Å². The van der Waals surface area contributed by atoms with Crippen molar-refractivity contribution in [2.45, 2.75) is 13.5 Å². The van der Waals surface area contributed by atoms with E-state index >= 15 is 0 Å². The van der Waals surface area contributed by atoms with E-state index in [1.807, 2.05) is 11.8 Å². The fourth-order valence-electron chi connectivity index (χ4n) is 1.52. The summed E-state index contributed by atoms with van der Waals surface area (Å²) in [6, 6.07) is 0. The predicted octanol–water partition coefficient (Wildman–Crippen LogP) is 1.41. The van der Waals surface area contributed by atoms with Gasteiger partial charge in [0.05, 0.1) is 29.1 Å². The highest BCUT2D eigenvalue weighted by atomic mass is 32.2. The monoisotopic (exact) mass is 252 g/mol. The Morgan fingerprint density at radius 1 is 1.59 bits per heavy atom. The first-order valence-electron chi connectivity index (χ1n) is 5.16. The third-order valence-electron chi connectivity index (χ3n) is 2.33. The second-order valence-corrected chi connectivity index (χ2v) is 4.79. The molecule has 1 aliphatic rings. The Bertz CT molecular complexity index is 446. The van der Waals surface area contributed by atoms with Gasteiger partial charge in [-0.3, -0.25) is 20.1 Å². The minimum Gasteiger partial charge on any atom is -0.355 e. The maximum atomic E-state index is 10.5. The quantitative estimate of drug-likeness (QED) is 0.598. The van der Waals surface area contributed by atoms with Crippen LogP contribution in [0.4, 0.5) is 0 Å². The number of nitrogens with zero attached hydrogens (tertiary/aromatic N) is 4. The van der Waals surface area contributed by atoms with E-state index in [4.69, 9.17) is 0 Å². The Kier molecular flexibility index (Phi) is 3.58. The standard InChI is InChI=1S/C10H12N4O2S/c1-8-4-12-9(5-11-8)6-13-2-3-17-10(13)7-14(15)16/h4-5,7H,2-3,6H2,1H3/b10-7+. The second kappa shape index (κ2) is 5.13. The van der Waals surface area contributed by atoms with Gasteiger partial charge in [0.15, 0.2) is 0 Å². The van der Waals surface area contributed by atoms with E-state index in [2.05, 4.69) is 9.97 Å². The molecule has 0 radical (unpaired) electrons. The van der Waals surface area contributed by atoms with Crippen LogP contribution in [0.3, 0.4) is 0 Å². The number of rotatable bonds is 3. The number of aryl methyl sites for hydroxylation is 1. The molecule has 17 heavy (non-hydrogen) atoms. The Labute approximate surface area is 103 Å². The molecule has 0 atom stereocenters. The Morgan fingerprint density at radius 2 is 2.41 bits per heavy atom. The van der Waals surface area contributed by atoms with Crippen molar-refractivity contribution in [1.29, 1.82) is 0 Å². The fourth-order valence-corrected chi connectivity index (χ4v) is 2.54. The minimum atomic E-state index is -0.415. The summed E-state index contributed by atoms with van der Waals surface area (Å²) in [6.07, 6.45) is 4.47. The number of nitro groups is 1. The molecule has 90 valence electrons. The summed E-state index contributed by atoms with van der Waals surface area (Å²) < 4.78 is 0. The fraction of sp³-hybridized carbons (Fsp3) is 0.400. The Hall–Kier alpha value is -1.63. The summed E-state index contributed by atoms with van der Waals surface area (Å²) in [5.41, 5.74) is 1.69. The van der Waals surface area contributed by atoms with Crippen molar-refractivity contribution in [3.05, 3.63) is 45.1 Å². The van der Waals surface area contributed by atoms with Gasteiger partial charge in [0, 0.05) is 18.5 Å². The lowest BCUT2D eigenvalue weighted by Crippen LogP contribution is -2.19. The molecule has 0 N–H and O–H groups in total. The van der Waals surface area contributed by atoms with Crippen LogP contribution < -0.4 is 0 Å². The van der Waals surface area contributed by atoms with Gasteiger partial charge in [0.2, 0.25) is 0 Å². The number of hydrogen-bond acceptors (Lipinski definition) is 6. The van der Waals surface area contributed by atoms with Crippen molar-refractivity contribution >= 4 is 11.8 Å². The first-order valence-corrected chi connectivity index (χ1v) is 6.14. The van der Waals surface area contributed by atoms with Crippen molar-refractivity contribution in [2.75, 3.05) is 12.3 Å². The largest absolute Gasteiger partial charge is 0.355 e. The predicted molar refractivity (Wildman–Crippen MR) is 64.7 cm³/mol. The molecule has 7 heteroatoms. The molecular formula is C10H12N4O2S. The topological polar surface area (TPSA) is 72.2 Å². The van der Waals surface area contributed by atoms with Gasteiger partial charge < -0.3 is 4.90 Å². The zero-order valence-corrected chi connectivity index (χ0v) is 10.2. The third-order valence-corrected chi connectivity index (χ3v) is 3.37. The van der Waals surface area contributed by atoms with E-state index < -0.39 is 4.92 Å². The molecule has 0 saturated carbocycles. The maximum Gasteiger partial charge on any atom is 0.264 e. The van der Waals surface area contributed by atoms with Gasteiger partial charge in [0.25, 0.3) is 6.20 Å². The lowest BCUT2D eigenvalue weighted by molar-refractivity contribution is -0.403. The second-order valence-electron chi connectivity index (χ2n) is 3.67. The van der Waals surface area contributed by atoms with Crippen LogP contribution in [0.2, 0.25) is 0 Å². The van der Waals surface area contributed by atoms with Crippen LogP contribution in [0.25, 0.3) is 0 Å². The summed E-state index contributed by atoms with van der Waals surface area (Å²) in [5.74, 6) is 0.874. The van der Waals surface area contributed by atoms with Gasteiger partial charge >= 0.3 is 0 Å². The zero-order valence-electron chi connectivity index (χ0n) is 9.37. The smallest absolute Gasteiger partial charge is 0.264 e. The lowest BCUT2D eigenvalue weighted by Gasteiger charge is -2.16. The highest BCUT2D eigenvalue weighted by molar-refractivity contribution is 8.03. The molecule has 0 unspecified atom stereocenters. The van der Waals surface area contributed by atoms with Gasteiger partial charge in [-0.2, -0.15) is 0 Å². The van der Waals surface area contributed by atoms with Crippen molar-refractivity contribution in [1.82, 2.24) is 14.9 Å². The molecular weight excluding hydrogens is 240 g/mol. The van der Waals surface area contributed by atoms with E-state index in [-0.39, 0.29) is 0 Å². The molecule has 2 heterocycles. The average Bonchev–Trinajstić information content (AvgIpc) is 2.68. The molecule has 0 bridgehead atoms. The highest BCUT2D eigenvalue weighted by Crippen LogP contribution is 2.28. The molecule has 6 nitrogen and oxygen atoms in total. The van der Waals surface area contributed by atoms with E-state index in [0.29, 0.717) is 11.6 Å². The summed E-state index contributed by atoms with van der Waals surface area (Å²) in [5, 5.41) is 11.2. The van der Waals surface area contributed by atoms with Crippen molar-refractivity contribution < 1.29 is 4.92 Å². The molecule has 0 amide bonds. The summed E-state index contributed by atoms with van der Waals surface area (Å²) in [6.45, 7) is 3.25. The summed E-state index contributed by atoms with van der Waals surface area (Å²) in [7, 11) is 0. The number of aromatic nitrogens is 2. The Balaban J connectivity index is 2.07. The highest BCUT2D eigenvalue weighted by Gasteiger charge is 2.21. The van der Waals surface area contributed by atoms with E-state index in [0.717, 1.165) is 29.9 Å². The van der Waals surface area contributed by atoms with Crippen LogP contribution in [0.15, 0.2) is 23.6 Å². The van der Waals surface area contributed by atoms with Crippen LogP contribution in [-0.4, -0.2) is 32.1 Å². The van der Waals surface area contributed by atoms with Gasteiger partial charge in [-0.15, -0.1) is 11.8 Å². The van der Waals surface area contributed by atoms with Crippen LogP contribution in [0.1, 0.15) is 11.4 Å². The molecule has 1 aliphatic heterocycles. The summed E-state index contributed by atoms with van der Waals surface area (Å²) in [4.78, 5) is 20.4. The van der Waals surface area contributed by atoms with E-state index in [1.54, 1.807) is 12.4 Å². The molecule has 2 rings (SSSR count). The first kappa shape index (κ1) is 11.8. The Morgan fingerprint density at radius 3 is 3.06 bits per heavy atom. The van der Waals surface area contributed by atoms with E-state index in [1.165, 1.54) is 11.8 Å². The molecule has 1 aromatic heterocycles. The number of thioether (sulfide) groups is 1. The normalized spacial score (nSPS) is 17.7. The molecule has 1 fully saturated rings. The van der Waals surface area contributed by atoms with Crippen molar-refractivity contribution in [3.63, 3.8) is 0 Å². The summed E-state index contributed by atoms with van der Waals surface area (Å²) >= 11 is 1.50. The van der Waals surface area contributed by atoms with Crippen molar-refractivity contribution in [2.24, 2.45) is 0 Å². The van der Waals surface area contributed by atoms with Crippen LogP contribution >= 0.6 is 11.8 Å². The average molecular weight is 252 g/mol. The first-order chi connectivity index (χ1) is 8.15. The third kappa shape index (κ3) is 3.16.